The molecule has 0 fully saturated rings. The third kappa shape index (κ3) is 2.99. The van der Waals surface area contributed by atoms with E-state index < -0.39 is 44.3 Å². The summed E-state index contributed by atoms with van der Waals surface area (Å²) in [5.41, 5.74) is -6.48. The molecule has 0 unspecified atom stereocenters. The number of aromatic hydroxyl groups is 3. The van der Waals surface area contributed by atoms with Gasteiger partial charge < -0.3 is 15.3 Å². The predicted molar refractivity (Wildman–Crippen MR) is 53.9 cm³/mol. The molecule has 1 aromatic rings. The summed E-state index contributed by atoms with van der Waals surface area (Å²) in [7, 11) is -5.91. The minimum Gasteiger partial charge on any atom is -0.504 e. The Bertz CT molecular complexity index is 601. The summed E-state index contributed by atoms with van der Waals surface area (Å²) in [6.07, 6.45) is 0. The summed E-state index contributed by atoms with van der Waals surface area (Å²) in [6, 6.07) is 0.965. The van der Waals surface area contributed by atoms with Gasteiger partial charge in [0.05, 0.1) is 0 Å². The van der Waals surface area contributed by atoms with Crippen LogP contribution in [0.4, 0.5) is 13.2 Å². The first-order valence-corrected chi connectivity index (χ1v) is 5.82. The van der Waals surface area contributed by atoms with Crippen molar-refractivity contribution in [3.63, 3.8) is 0 Å². The number of alkyl halides is 3. The Morgan fingerprint density at radius 2 is 1.53 bits per heavy atom. The van der Waals surface area contributed by atoms with Crippen LogP contribution < -0.4 is 4.72 Å². The molecule has 7 nitrogen and oxygen atoms in total. The fraction of sp³-hybridized carbons (Fsp3) is 0.125. The summed E-state index contributed by atoms with van der Waals surface area (Å²) in [5.74, 6) is -4.75. The second-order valence-electron chi connectivity index (χ2n) is 3.24. The van der Waals surface area contributed by atoms with E-state index in [1.165, 1.54) is 0 Å². The van der Waals surface area contributed by atoms with Gasteiger partial charge in [0.15, 0.2) is 17.2 Å². The molecular weight excluding hydrogens is 295 g/mol. The molecule has 0 heterocycles. The van der Waals surface area contributed by atoms with Crippen molar-refractivity contribution in [1.82, 2.24) is 4.72 Å². The highest BCUT2D eigenvalue weighted by molar-refractivity contribution is 7.90. The molecule has 0 saturated carbocycles. The molecule has 0 bridgehead atoms. The Balaban J connectivity index is 3.11. The average molecular weight is 301 g/mol. The maximum Gasteiger partial charge on any atom is 0.516 e. The molecule has 4 N–H and O–H groups in total. The monoisotopic (exact) mass is 301 g/mol. The number of amides is 1. The molecule has 0 aliphatic rings. The van der Waals surface area contributed by atoms with Crippen molar-refractivity contribution < 1.29 is 41.7 Å². The molecule has 0 saturated heterocycles. The largest absolute Gasteiger partial charge is 0.516 e. The van der Waals surface area contributed by atoms with Gasteiger partial charge in [-0.05, 0) is 12.1 Å². The lowest BCUT2D eigenvalue weighted by Crippen LogP contribution is -2.40. The number of carbonyl (C=O) groups is 1. The van der Waals surface area contributed by atoms with Gasteiger partial charge in [-0.1, -0.05) is 0 Å². The first-order valence-electron chi connectivity index (χ1n) is 4.34. The zero-order valence-electron chi connectivity index (χ0n) is 8.76. The van der Waals surface area contributed by atoms with E-state index >= 15 is 0 Å². The number of phenols is 3. The number of hydrogen-bond acceptors (Lipinski definition) is 6. The van der Waals surface area contributed by atoms with Gasteiger partial charge in [-0.25, -0.2) is 4.72 Å². The number of rotatable bonds is 2. The van der Waals surface area contributed by atoms with Gasteiger partial charge in [0.25, 0.3) is 5.91 Å². The lowest BCUT2D eigenvalue weighted by Gasteiger charge is -2.10. The predicted octanol–water partition coefficient (Wildman–Crippen LogP) is 0.383. The van der Waals surface area contributed by atoms with Crippen LogP contribution in [0, 0.1) is 0 Å². The second kappa shape index (κ2) is 4.50. The van der Waals surface area contributed by atoms with Crippen LogP contribution in [0.3, 0.4) is 0 Å². The number of sulfonamides is 1. The van der Waals surface area contributed by atoms with Gasteiger partial charge in [0, 0.05) is 5.56 Å². The number of benzene rings is 1. The molecule has 1 rings (SSSR count). The van der Waals surface area contributed by atoms with Gasteiger partial charge >= 0.3 is 15.5 Å². The normalized spacial score (nSPS) is 12.2. The van der Waals surface area contributed by atoms with Gasteiger partial charge in [0.1, 0.15) is 0 Å². The third-order valence-corrected chi connectivity index (χ3v) is 2.93. The minimum atomic E-state index is -5.91. The fourth-order valence-corrected chi connectivity index (χ4v) is 1.45. The summed E-state index contributed by atoms with van der Waals surface area (Å²) < 4.78 is 57.9. The molecule has 0 atom stereocenters. The van der Waals surface area contributed by atoms with E-state index in [2.05, 4.69) is 0 Å². The maximum absolute atomic E-state index is 12.0. The Kier molecular flexibility index (Phi) is 3.52. The van der Waals surface area contributed by atoms with Crippen LogP contribution in [0.25, 0.3) is 0 Å². The van der Waals surface area contributed by atoms with E-state index in [9.17, 15) is 26.4 Å². The van der Waals surface area contributed by atoms with Crippen molar-refractivity contribution in [2.75, 3.05) is 0 Å². The van der Waals surface area contributed by atoms with E-state index in [0.29, 0.717) is 16.9 Å². The fourth-order valence-electron chi connectivity index (χ4n) is 0.974. The van der Waals surface area contributed by atoms with Crippen molar-refractivity contribution >= 4 is 15.9 Å². The highest BCUT2D eigenvalue weighted by Crippen LogP contribution is 2.35. The van der Waals surface area contributed by atoms with Crippen molar-refractivity contribution in [2.45, 2.75) is 5.51 Å². The Morgan fingerprint density at radius 1 is 1.11 bits per heavy atom. The molecule has 0 aliphatic carbocycles. The third-order valence-electron chi connectivity index (χ3n) is 1.86. The molecule has 11 heteroatoms. The van der Waals surface area contributed by atoms with E-state index in [1.54, 1.807) is 0 Å². The summed E-state index contributed by atoms with van der Waals surface area (Å²) >= 11 is 0. The van der Waals surface area contributed by atoms with Crippen molar-refractivity contribution in [2.24, 2.45) is 0 Å². The van der Waals surface area contributed by atoms with Gasteiger partial charge in [-0.2, -0.15) is 21.6 Å². The summed E-state index contributed by atoms with van der Waals surface area (Å²) in [5, 5.41) is 27.0. The van der Waals surface area contributed by atoms with E-state index in [0.717, 1.165) is 0 Å². The highest BCUT2D eigenvalue weighted by Gasteiger charge is 2.47. The Hall–Kier alpha value is -2.17. The summed E-state index contributed by atoms with van der Waals surface area (Å²) in [6.45, 7) is 0. The number of phenolic OH excluding ortho intramolecular Hbond substituents is 3. The Morgan fingerprint density at radius 3 is 1.89 bits per heavy atom. The van der Waals surface area contributed by atoms with Crippen LogP contribution in [-0.4, -0.2) is 35.2 Å². The van der Waals surface area contributed by atoms with Crippen molar-refractivity contribution in [3.05, 3.63) is 17.7 Å². The van der Waals surface area contributed by atoms with Crippen molar-refractivity contribution in [3.8, 4) is 17.2 Å². The molecule has 0 aliphatic heterocycles. The molecule has 0 radical (unpaired) electrons. The topological polar surface area (TPSA) is 124 Å². The molecule has 0 aromatic heterocycles. The molecule has 106 valence electrons. The molecule has 19 heavy (non-hydrogen) atoms. The van der Waals surface area contributed by atoms with E-state index in [4.69, 9.17) is 15.3 Å². The quantitative estimate of drug-likeness (QED) is 0.586. The molecular formula is C8H6F3NO6S. The smallest absolute Gasteiger partial charge is 0.504 e. The molecule has 1 aromatic carbocycles. The standard InChI is InChI=1S/C8H6F3NO6S/c9-8(10,11)19(17,18)12-7(16)3-1-4(13)6(15)5(14)2-3/h1-2,13-15H,(H,12,16). The highest BCUT2D eigenvalue weighted by atomic mass is 32.2. The summed E-state index contributed by atoms with van der Waals surface area (Å²) in [4.78, 5) is 11.2. The van der Waals surface area contributed by atoms with E-state index in [-0.39, 0.29) is 0 Å². The zero-order chi connectivity index (χ0) is 15.0. The number of carbonyl (C=O) groups excluding carboxylic acids is 1. The number of halogens is 3. The second-order valence-corrected chi connectivity index (χ2v) is 4.92. The average Bonchev–Trinajstić information content (AvgIpc) is 2.22. The molecule has 1 amide bonds. The van der Waals surface area contributed by atoms with Crippen LogP contribution in [0.5, 0.6) is 17.2 Å². The van der Waals surface area contributed by atoms with Crippen LogP contribution in [-0.2, 0) is 10.0 Å². The van der Waals surface area contributed by atoms with Crippen LogP contribution in [0.2, 0.25) is 0 Å². The minimum absolute atomic E-state index is 0.482. The van der Waals surface area contributed by atoms with Crippen LogP contribution >= 0.6 is 0 Å². The number of nitrogens with one attached hydrogen (secondary N) is 1. The lowest BCUT2D eigenvalue weighted by molar-refractivity contribution is -0.0446. The van der Waals surface area contributed by atoms with E-state index in [1.807, 2.05) is 0 Å². The van der Waals surface area contributed by atoms with Crippen LogP contribution in [0.1, 0.15) is 10.4 Å². The molecule has 0 spiro atoms. The first-order chi connectivity index (χ1) is 8.45. The van der Waals surface area contributed by atoms with Gasteiger partial charge in [-0.3, -0.25) is 4.79 Å². The van der Waals surface area contributed by atoms with Gasteiger partial charge in [-0.15, -0.1) is 0 Å². The Labute approximate surface area is 104 Å². The number of hydrogen-bond donors (Lipinski definition) is 4. The lowest BCUT2D eigenvalue weighted by atomic mass is 10.2. The van der Waals surface area contributed by atoms with Gasteiger partial charge in [0.2, 0.25) is 0 Å². The SMILES string of the molecule is O=C(NS(=O)(=O)C(F)(F)F)c1cc(O)c(O)c(O)c1. The van der Waals surface area contributed by atoms with Crippen molar-refractivity contribution in [1.29, 1.82) is 0 Å². The first kappa shape index (κ1) is 14.9. The van der Waals surface area contributed by atoms with Crippen LogP contribution in [0.15, 0.2) is 12.1 Å². The maximum atomic E-state index is 12.0. The zero-order valence-corrected chi connectivity index (χ0v) is 9.58.